The van der Waals surface area contributed by atoms with E-state index in [-0.39, 0.29) is 11.7 Å². The van der Waals surface area contributed by atoms with Crippen molar-refractivity contribution in [3.63, 3.8) is 0 Å². The van der Waals surface area contributed by atoms with Crippen LogP contribution in [0.3, 0.4) is 0 Å². The number of nitrogens with two attached hydrogens (primary N) is 1. The van der Waals surface area contributed by atoms with E-state index in [0.717, 1.165) is 10.9 Å². The Labute approximate surface area is 97.6 Å². The van der Waals surface area contributed by atoms with Crippen LogP contribution in [0.1, 0.15) is 23.7 Å². The zero-order valence-electron chi connectivity index (χ0n) is 8.83. The Kier molecular flexibility index (Phi) is 4.08. The highest BCUT2D eigenvalue weighted by Gasteiger charge is 2.15. The minimum absolute atomic E-state index is 0.0943. The molecule has 0 bridgehead atoms. The maximum absolute atomic E-state index is 11.9. The second-order valence-corrected chi connectivity index (χ2v) is 4.23. The van der Waals surface area contributed by atoms with Crippen molar-refractivity contribution >= 4 is 27.7 Å². The molecule has 0 saturated carbocycles. The molecule has 1 heterocycles. The molecule has 0 aromatic carbocycles. The van der Waals surface area contributed by atoms with E-state index in [0.29, 0.717) is 12.1 Å². The highest BCUT2D eigenvalue weighted by Crippen LogP contribution is 2.16. The summed E-state index contributed by atoms with van der Waals surface area (Å²) in [4.78, 5) is 17.5. The summed E-state index contributed by atoms with van der Waals surface area (Å²) >= 11 is 3.26. The van der Waals surface area contributed by atoms with Crippen LogP contribution in [0, 0.1) is 0 Å². The van der Waals surface area contributed by atoms with Gasteiger partial charge in [0.25, 0.3) is 5.91 Å². The molecule has 1 aromatic rings. The molecule has 0 fully saturated rings. The van der Waals surface area contributed by atoms with Gasteiger partial charge in [0.15, 0.2) is 0 Å². The second kappa shape index (κ2) is 5.11. The number of pyridine rings is 1. The van der Waals surface area contributed by atoms with Gasteiger partial charge >= 0.3 is 0 Å². The fourth-order valence-corrected chi connectivity index (χ4v) is 1.60. The Hall–Kier alpha value is -1.10. The third-order valence-corrected chi connectivity index (χ3v) is 2.45. The predicted octanol–water partition coefficient (Wildman–Crippen LogP) is 1.91. The SMILES string of the molecule is CCCN(C)C(=O)c1cc(Br)cnc1N. The zero-order valence-corrected chi connectivity index (χ0v) is 10.4. The molecular weight excluding hydrogens is 258 g/mol. The summed E-state index contributed by atoms with van der Waals surface area (Å²) in [5.74, 6) is 0.175. The van der Waals surface area contributed by atoms with E-state index < -0.39 is 0 Å². The molecule has 0 radical (unpaired) electrons. The molecule has 4 nitrogen and oxygen atoms in total. The lowest BCUT2D eigenvalue weighted by atomic mass is 10.2. The number of hydrogen-bond donors (Lipinski definition) is 1. The first-order valence-electron chi connectivity index (χ1n) is 4.72. The summed E-state index contributed by atoms with van der Waals surface area (Å²) in [6.07, 6.45) is 2.50. The van der Waals surface area contributed by atoms with Crippen LogP contribution in [0.4, 0.5) is 5.82 Å². The minimum Gasteiger partial charge on any atom is -0.383 e. The van der Waals surface area contributed by atoms with Crippen molar-refractivity contribution in [2.75, 3.05) is 19.3 Å². The molecule has 82 valence electrons. The predicted molar refractivity (Wildman–Crippen MR) is 63.6 cm³/mol. The fraction of sp³-hybridized carbons (Fsp3) is 0.400. The van der Waals surface area contributed by atoms with Crippen molar-refractivity contribution < 1.29 is 4.79 Å². The molecule has 1 amide bonds. The van der Waals surface area contributed by atoms with Gasteiger partial charge in [-0.3, -0.25) is 4.79 Å². The first kappa shape index (κ1) is 12.0. The lowest BCUT2D eigenvalue weighted by molar-refractivity contribution is 0.0796. The summed E-state index contributed by atoms with van der Waals surface area (Å²) < 4.78 is 0.755. The normalized spacial score (nSPS) is 10.1. The van der Waals surface area contributed by atoms with E-state index in [1.165, 1.54) is 0 Å². The highest BCUT2D eigenvalue weighted by atomic mass is 79.9. The first-order valence-corrected chi connectivity index (χ1v) is 5.52. The van der Waals surface area contributed by atoms with E-state index in [2.05, 4.69) is 20.9 Å². The molecule has 0 unspecified atom stereocenters. The van der Waals surface area contributed by atoms with Crippen LogP contribution < -0.4 is 5.73 Å². The summed E-state index contributed by atoms with van der Waals surface area (Å²) in [7, 11) is 1.76. The van der Waals surface area contributed by atoms with Crippen LogP contribution in [0.15, 0.2) is 16.7 Å². The lowest BCUT2D eigenvalue weighted by Crippen LogP contribution is -2.28. The summed E-state index contributed by atoms with van der Waals surface area (Å²) in [6.45, 7) is 2.73. The van der Waals surface area contributed by atoms with Gasteiger partial charge in [0, 0.05) is 24.3 Å². The highest BCUT2D eigenvalue weighted by molar-refractivity contribution is 9.10. The van der Waals surface area contributed by atoms with Crippen LogP contribution in [0.25, 0.3) is 0 Å². The number of rotatable bonds is 3. The first-order chi connectivity index (χ1) is 7.06. The van der Waals surface area contributed by atoms with E-state index in [1.807, 2.05) is 6.92 Å². The molecule has 0 aliphatic heterocycles. The number of hydrogen-bond acceptors (Lipinski definition) is 3. The van der Waals surface area contributed by atoms with Gasteiger partial charge in [-0.2, -0.15) is 0 Å². The standard InChI is InChI=1S/C10H14BrN3O/c1-3-4-14(2)10(15)8-5-7(11)6-13-9(8)12/h5-6H,3-4H2,1-2H3,(H2,12,13). The summed E-state index contributed by atoms with van der Waals surface area (Å²) in [5.41, 5.74) is 6.09. The Bertz CT molecular complexity index is 368. The quantitative estimate of drug-likeness (QED) is 0.914. The smallest absolute Gasteiger partial charge is 0.257 e. The van der Waals surface area contributed by atoms with Gasteiger partial charge in [-0.15, -0.1) is 0 Å². The van der Waals surface area contributed by atoms with Gasteiger partial charge < -0.3 is 10.6 Å². The van der Waals surface area contributed by atoms with Crippen molar-refractivity contribution in [1.82, 2.24) is 9.88 Å². The van der Waals surface area contributed by atoms with Gasteiger partial charge in [-0.25, -0.2) is 4.98 Å². The third-order valence-electron chi connectivity index (χ3n) is 2.02. The van der Waals surface area contributed by atoms with E-state index in [9.17, 15) is 4.79 Å². The topological polar surface area (TPSA) is 59.2 Å². The third kappa shape index (κ3) is 2.92. The van der Waals surface area contributed by atoms with Crippen molar-refractivity contribution in [3.8, 4) is 0 Å². The fourth-order valence-electron chi connectivity index (χ4n) is 1.26. The average Bonchev–Trinajstić information content (AvgIpc) is 2.21. The van der Waals surface area contributed by atoms with E-state index >= 15 is 0 Å². The van der Waals surface area contributed by atoms with Gasteiger partial charge in [-0.05, 0) is 28.4 Å². The van der Waals surface area contributed by atoms with Crippen LogP contribution in [-0.4, -0.2) is 29.4 Å². The van der Waals surface area contributed by atoms with E-state index in [4.69, 9.17) is 5.73 Å². The number of carbonyl (C=O) groups is 1. The van der Waals surface area contributed by atoms with Crippen molar-refractivity contribution in [2.24, 2.45) is 0 Å². The molecule has 0 atom stereocenters. The number of anilines is 1. The number of nitrogens with zero attached hydrogens (tertiary/aromatic N) is 2. The molecule has 2 N–H and O–H groups in total. The molecule has 0 aliphatic rings. The number of amides is 1. The molecule has 0 aliphatic carbocycles. The summed E-state index contributed by atoms with van der Waals surface area (Å²) in [5, 5.41) is 0. The minimum atomic E-state index is -0.0943. The zero-order chi connectivity index (χ0) is 11.4. The van der Waals surface area contributed by atoms with Gasteiger partial charge in [0.2, 0.25) is 0 Å². The van der Waals surface area contributed by atoms with E-state index in [1.54, 1.807) is 24.2 Å². The molecule has 1 aromatic heterocycles. The van der Waals surface area contributed by atoms with Crippen LogP contribution in [0.5, 0.6) is 0 Å². The number of halogens is 1. The monoisotopic (exact) mass is 271 g/mol. The summed E-state index contributed by atoms with van der Waals surface area (Å²) in [6, 6.07) is 1.69. The number of carbonyl (C=O) groups excluding carboxylic acids is 1. The maximum atomic E-state index is 11.9. The van der Waals surface area contributed by atoms with Crippen LogP contribution in [-0.2, 0) is 0 Å². The largest absolute Gasteiger partial charge is 0.383 e. The van der Waals surface area contributed by atoms with Crippen molar-refractivity contribution in [1.29, 1.82) is 0 Å². The number of aromatic nitrogens is 1. The molecule has 5 heteroatoms. The Morgan fingerprint density at radius 2 is 2.33 bits per heavy atom. The van der Waals surface area contributed by atoms with Gasteiger partial charge in [0.1, 0.15) is 5.82 Å². The Morgan fingerprint density at radius 3 is 2.93 bits per heavy atom. The Morgan fingerprint density at radius 1 is 1.67 bits per heavy atom. The molecule has 15 heavy (non-hydrogen) atoms. The maximum Gasteiger partial charge on any atom is 0.257 e. The lowest BCUT2D eigenvalue weighted by Gasteiger charge is -2.16. The van der Waals surface area contributed by atoms with Crippen molar-refractivity contribution in [2.45, 2.75) is 13.3 Å². The molecular formula is C10H14BrN3O. The van der Waals surface area contributed by atoms with Gasteiger partial charge in [-0.1, -0.05) is 6.92 Å². The second-order valence-electron chi connectivity index (χ2n) is 3.31. The molecule has 0 spiro atoms. The van der Waals surface area contributed by atoms with Crippen LogP contribution >= 0.6 is 15.9 Å². The Balaban J connectivity index is 2.95. The van der Waals surface area contributed by atoms with Gasteiger partial charge in [0.05, 0.1) is 5.56 Å². The average molecular weight is 272 g/mol. The molecule has 1 rings (SSSR count). The number of nitrogen functional groups attached to an aromatic ring is 1. The van der Waals surface area contributed by atoms with Crippen LogP contribution in [0.2, 0.25) is 0 Å². The molecule has 0 saturated heterocycles. The van der Waals surface area contributed by atoms with Crippen molar-refractivity contribution in [3.05, 3.63) is 22.3 Å².